The van der Waals surface area contributed by atoms with Crippen LogP contribution in [0.25, 0.3) is 11.3 Å². The number of rotatable bonds is 3. The molecule has 2 heterocycles. The summed E-state index contributed by atoms with van der Waals surface area (Å²) in [7, 11) is 1.98. The van der Waals surface area contributed by atoms with E-state index in [0.717, 1.165) is 22.7 Å². The number of aromatic nitrogens is 3. The third kappa shape index (κ3) is 1.77. The highest BCUT2D eigenvalue weighted by Crippen LogP contribution is 2.46. The topological polar surface area (TPSA) is 43.9 Å². The van der Waals surface area contributed by atoms with E-state index in [4.69, 9.17) is 4.52 Å². The summed E-state index contributed by atoms with van der Waals surface area (Å²) in [5.41, 5.74) is 3.15. The lowest BCUT2D eigenvalue weighted by Crippen LogP contribution is -1.92. The Kier molecular flexibility index (Phi) is 2.31. The fourth-order valence-electron chi connectivity index (χ4n) is 2.13. The summed E-state index contributed by atoms with van der Waals surface area (Å²) in [6.45, 7) is 4.28. The molecule has 2 aromatic heterocycles. The molecule has 0 amide bonds. The largest absolute Gasteiger partial charge is 0.360 e. The maximum Gasteiger partial charge on any atom is 0.149 e. The summed E-state index contributed by atoms with van der Waals surface area (Å²) in [6.07, 6.45) is 6.28. The molecule has 0 atom stereocenters. The van der Waals surface area contributed by atoms with Crippen LogP contribution >= 0.6 is 0 Å². The van der Waals surface area contributed by atoms with Gasteiger partial charge in [-0.2, -0.15) is 0 Å². The number of hydrogen-bond donors (Lipinski definition) is 0. The fraction of sp³-hybridized carbons (Fsp3) is 0.538. The maximum atomic E-state index is 5.55. The van der Waals surface area contributed by atoms with Crippen LogP contribution in [0.3, 0.4) is 0 Å². The van der Waals surface area contributed by atoms with E-state index < -0.39 is 0 Å². The van der Waals surface area contributed by atoms with Crippen LogP contribution in [0.4, 0.5) is 0 Å². The summed E-state index contributed by atoms with van der Waals surface area (Å²) < 4.78 is 7.51. The Morgan fingerprint density at radius 1 is 1.41 bits per heavy atom. The van der Waals surface area contributed by atoms with Crippen molar-refractivity contribution in [3.8, 4) is 11.3 Å². The number of imidazole rings is 1. The first-order valence-corrected chi connectivity index (χ1v) is 6.14. The first-order valence-electron chi connectivity index (χ1n) is 6.14. The molecule has 2 aromatic rings. The second-order valence-corrected chi connectivity index (χ2v) is 5.16. The molecule has 0 saturated heterocycles. The molecule has 0 unspecified atom stereocenters. The van der Waals surface area contributed by atoms with Crippen molar-refractivity contribution in [2.75, 3.05) is 0 Å². The Balaban J connectivity index is 2.13. The Bertz CT molecular complexity index is 515. The Morgan fingerprint density at radius 2 is 2.18 bits per heavy atom. The minimum Gasteiger partial charge on any atom is -0.360 e. The van der Waals surface area contributed by atoms with Crippen molar-refractivity contribution in [3.63, 3.8) is 0 Å². The van der Waals surface area contributed by atoms with Crippen LogP contribution in [0.2, 0.25) is 0 Å². The standard InChI is InChI=1S/C13H17N3O/c1-8(2)12-11(10-6-16(3)7-14-10)13(17-15-12)9-4-5-9/h6-9H,4-5H2,1-3H3. The molecule has 1 saturated carbocycles. The van der Waals surface area contributed by atoms with Crippen LogP contribution in [0, 0.1) is 0 Å². The van der Waals surface area contributed by atoms with Crippen molar-refractivity contribution in [1.29, 1.82) is 0 Å². The lowest BCUT2D eigenvalue weighted by Gasteiger charge is -2.02. The molecule has 3 rings (SSSR count). The lowest BCUT2D eigenvalue weighted by molar-refractivity contribution is 0.376. The second-order valence-electron chi connectivity index (χ2n) is 5.16. The van der Waals surface area contributed by atoms with Crippen LogP contribution in [0.5, 0.6) is 0 Å². The summed E-state index contributed by atoms with van der Waals surface area (Å²) in [4.78, 5) is 4.44. The SMILES string of the molecule is CC(C)c1noc(C2CC2)c1-c1cn(C)cn1. The van der Waals surface area contributed by atoms with Gasteiger partial charge in [-0.15, -0.1) is 0 Å². The average Bonchev–Trinajstić information content (AvgIpc) is 2.88. The Hall–Kier alpha value is -1.58. The lowest BCUT2D eigenvalue weighted by atomic mass is 10.0. The van der Waals surface area contributed by atoms with Crippen molar-refractivity contribution >= 4 is 0 Å². The van der Waals surface area contributed by atoms with Gasteiger partial charge in [-0.05, 0) is 18.8 Å². The van der Waals surface area contributed by atoms with E-state index in [2.05, 4.69) is 24.0 Å². The van der Waals surface area contributed by atoms with Gasteiger partial charge in [-0.25, -0.2) is 4.98 Å². The van der Waals surface area contributed by atoms with Gasteiger partial charge in [0.1, 0.15) is 5.76 Å². The van der Waals surface area contributed by atoms with Crippen molar-refractivity contribution in [1.82, 2.24) is 14.7 Å². The highest BCUT2D eigenvalue weighted by atomic mass is 16.5. The zero-order valence-corrected chi connectivity index (χ0v) is 10.5. The molecule has 0 radical (unpaired) electrons. The second kappa shape index (κ2) is 3.72. The van der Waals surface area contributed by atoms with Crippen LogP contribution in [0.1, 0.15) is 50.0 Å². The zero-order chi connectivity index (χ0) is 12.0. The van der Waals surface area contributed by atoms with E-state index in [1.807, 2.05) is 24.1 Å². The van der Waals surface area contributed by atoms with Gasteiger partial charge in [0, 0.05) is 19.2 Å². The molecule has 1 aliphatic carbocycles. The van der Waals surface area contributed by atoms with Crippen LogP contribution < -0.4 is 0 Å². The molecule has 0 spiro atoms. The number of hydrogen-bond acceptors (Lipinski definition) is 3. The maximum absolute atomic E-state index is 5.55. The van der Waals surface area contributed by atoms with E-state index in [9.17, 15) is 0 Å². The predicted molar refractivity (Wildman–Crippen MR) is 64.8 cm³/mol. The van der Waals surface area contributed by atoms with Gasteiger partial charge < -0.3 is 9.09 Å². The Labute approximate surface area is 101 Å². The van der Waals surface area contributed by atoms with Crippen molar-refractivity contribution in [2.24, 2.45) is 7.05 Å². The van der Waals surface area contributed by atoms with E-state index in [1.165, 1.54) is 12.8 Å². The van der Waals surface area contributed by atoms with Crippen LogP contribution in [-0.4, -0.2) is 14.7 Å². The number of aryl methyl sites for hydroxylation is 1. The zero-order valence-electron chi connectivity index (χ0n) is 10.5. The predicted octanol–water partition coefficient (Wildman–Crippen LogP) is 3.08. The minimum absolute atomic E-state index is 0.364. The molecule has 90 valence electrons. The van der Waals surface area contributed by atoms with Crippen molar-refractivity contribution in [2.45, 2.75) is 38.5 Å². The molecule has 0 N–H and O–H groups in total. The first kappa shape index (κ1) is 10.6. The minimum atomic E-state index is 0.364. The van der Waals surface area contributed by atoms with E-state index in [0.29, 0.717) is 11.8 Å². The van der Waals surface area contributed by atoms with Gasteiger partial charge in [0.25, 0.3) is 0 Å². The van der Waals surface area contributed by atoms with Crippen molar-refractivity contribution < 1.29 is 4.52 Å². The summed E-state index contributed by atoms with van der Waals surface area (Å²) in [5, 5.41) is 4.24. The third-order valence-electron chi connectivity index (χ3n) is 3.20. The van der Waals surface area contributed by atoms with Gasteiger partial charge in [-0.1, -0.05) is 19.0 Å². The normalized spacial score (nSPS) is 15.8. The van der Waals surface area contributed by atoms with Crippen molar-refractivity contribution in [3.05, 3.63) is 24.0 Å². The number of nitrogens with zero attached hydrogens (tertiary/aromatic N) is 3. The molecule has 17 heavy (non-hydrogen) atoms. The molecule has 1 fully saturated rings. The van der Waals surface area contributed by atoms with E-state index >= 15 is 0 Å². The van der Waals surface area contributed by atoms with Gasteiger partial charge >= 0.3 is 0 Å². The summed E-state index contributed by atoms with van der Waals surface area (Å²) in [5.74, 6) is 1.96. The smallest absolute Gasteiger partial charge is 0.149 e. The first-order chi connectivity index (χ1) is 8.16. The van der Waals surface area contributed by atoms with Crippen LogP contribution in [-0.2, 0) is 7.05 Å². The van der Waals surface area contributed by atoms with E-state index in [1.54, 1.807) is 0 Å². The molecule has 0 aromatic carbocycles. The molecular weight excluding hydrogens is 214 g/mol. The van der Waals surface area contributed by atoms with Gasteiger partial charge in [0.05, 0.1) is 23.3 Å². The average molecular weight is 231 g/mol. The van der Waals surface area contributed by atoms with Crippen LogP contribution in [0.15, 0.2) is 17.0 Å². The Morgan fingerprint density at radius 3 is 2.71 bits per heavy atom. The van der Waals surface area contributed by atoms with Gasteiger partial charge in [0.15, 0.2) is 0 Å². The monoisotopic (exact) mass is 231 g/mol. The quantitative estimate of drug-likeness (QED) is 0.815. The fourth-order valence-corrected chi connectivity index (χ4v) is 2.13. The third-order valence-corrected chi connectivity index (χ3v) is 3.20. The molecule has 0 bridgehead atoms. The summed E-state index contributed by atoms with van der Waals surface area (Å²) in [6, 6.07) is 0. The molecule has 0 aliphatic heterocycles. The van der Waals surface area contributed by atoms with Gasteiger partial charge in [0.2, 0.25) is 0 Å². The molecule has 4 nitrogen and oxygen atoms in total. The molecular formula is C13H17N3O. The molecule has 1 aliphatic rings. The highest BCUT2D eigenvalue weighted by Gasteiger charge is 2.33. The van der Waals surface area contributed by atoms with E-state index in [-0.39, 0.29) is 0 Å². The molecule has 4 heteroatoms. The highest BCUT2D eigenvalue weighted by molar-refractivity contribution is 5.65. The van der Waals surface area contributed by atoms with Gasteiger partial charge in [-0.3, -0.25) is 0 Å². The summed E-state index contributed by atoms with van der Waals surface area (Å²) >= 11 is 0.